The second-order valence-corrected chi connectivity index (χ2v) is 7.08. The molecule has 2 aromatic carbocycles. The summed E-state index contributed by atoms with van der Waals surface area (Å²) in [6.07, 6.45) is 1.67. The number of hydrogen-bond donors (Lipinski definition) is 1. The lowest BCUT2D eigenvalue weighted by atomic mass is 10.1. The maximum Gasteiger partial charge on any atom is 0.267 e. The van der Waals surface area contributed by atoms with Gasteiger partial charge in [-0.3, -0.25) is 4.79 Å². The minimum absolute atomic E-state index is 0.0982. The zero-order valence-electron chi connectivity index (χ0n) is 17.1. The average Bonchev–Trinajstić information content (AvgIpc) is 2.75. The third-order valence-corrected chi connectivity index (χ3v) is 5.26. The highest BCUT2D eigenvalue weighted by atomic mass is 16.5. The monoisotopic (exact) mass is 390 g/mol. The SMILES string of the molecule is COc1ccc(NC(=O)/C(C#N)=C\N2CCN(c3cccc(C)c3C)CC2)cc1. The van der Waals surface area contributed by atoms with Crippen LogP contribution < -0.4 is 15.0 Å². The zero-order valence-corrected chi connectivity index (χ0v) is 17.1. The number of piperazine rings is 1. The standard InChI is InChI=1S/C23H26N4O2/c1-17-5-4-6-22(18(17)2)27-13-11-26(12-14-27)16-19(15-24)23(28)25-20-7-9-21(29-3)10-8-20/h4-10,16H,11-14H2,1-3H3,(H,25,28)/b19-16-. The number of nitriles is 1. The van der Waals surface area contributed by atoms with Gasteiger partial charge < -0.3 is 19.9 Å². The molecule has 0 radical (unpaired) electrons. The van der Waals surface area contributed by atoms with Gasteiger partial charge >= 0.3 is 0 Å². The fourth-order valence-electron chi connectivity index (χ4n) is 3.36. The van der Waals surface area contributed by atoms with Crippen molar-refractivity contribution in [3.8, 4) is 11.8 Å². The first-order valence-corrected chi connectivity index (χ1v) is 9.64. The molecule has 1 N–H and O–H groups in total. The van der Waals surface area contributed by atoms with Gasteiger partial charge in [-0.1, -0.05) is 12.1 Å². The van der Waals surface area contributed by atoms with Crippen LogP contribution in [0.3, 0.4) is 0 Å². The van der Waals surface area contributed by atoms with Crippen LogP contribution in [0.4, 0.5) is 11.4 Å². The van der Waals surface area contributed by atoms with Gasteiger partial charge in [0.25, 0.3) is 5.91 Å². The van der Waals surface area contributed by atoms with E-state index < -0.39 is 5.91 Å². The molecule has 2 aromatic rings. The first-order valence-electron chi connectivity index (χ1n) is 9.64. The van der Waals surface area contributed by atoms with Crippen molar-refractivity contribution in [1.82, 2.24) is 4.90 Å². The molecule has 1 saturated heterocycles. The molecule has 1 aliphatic heterocycles. The van der Waals surface area contributed by atoms with Gasteiger partial charge in [-0.2, -0.15) is 5.26 Å². The summed E-state index contributed by atoms with van der Waals surface area (Å²) in [5.74, 6) is 0.301. The number of carbonyl (C=O) groups is 1. The van der Waals surface area contributed by atoms with Crippen LogP contribution in [0.2, 0.25) is 0 Å². The Morgan fingerprint density at radius 3 is 2.41 bits per heavy atom. The van der Waals surface area contributed by atoms with E-state index in [0.717, 1.165) is 26.2 Å². The Hall–Kier alpha value is -3.46. The fourth-order valence-corrected chi connectivity index (χ4v) is 3.36. The number of anilines is 2. The summed E-state index contributed by atoms with van der Waals surface area (Å²) in [5.41, 5.74) is 4.56. The number of nitrogens with one attached hydrogen (secondary N) is 1. The molecule has 0 spiro atoms. The van der Waals surface area contributed by atoms with Gasteiger partial charge in [-0.25, -0.2) is 0 Å². The second-order valence-electron chi connectivity index (χ2n) is 7.08. The van der Waals surface area contributed by atoms with E-state index in [1.807, 2.05) is 11.0 Å². The van der Waals surface area contributed by atoms with Crippen molar-refractivity contribution in [3.05, 3.63) is 65.4 Å². The van der Waals surface area contributed by atoms with Crippen LogP contribution in [0.15, 0.2) is 54.2 Å². The molecule has 6 nitrogen and oxygen atoms in total. The van der Waals surface area contributed by atoms with Crippen molar-refractivity contribution in [2.45, 2.75) is 13.8 Å². The van der Waals surface area contributed by atoms with Crippen LogP contribution in [-0.2, 0) is 4.79 Å². The number of benzene rings is 2. The fraction of sp³-hybridized carbons (Fsp3) is 0.304. The first kappa shape index (κ1) is 20.3. The van der Waals surface area contributed by atoms with E-state index in [4.69, 9.17) is 4.74 Å². The van der Waals surface area contributed by atoms with Crippen LogP contribution in [0.1, 0.15) is 11.1 Å². The van der Waals surface area contributed by atoms with Crippen LogP contribution in [0.5, 0.6) is 5.75 Å². The van der Waals surface area contributed by atoms with Crippen molar-refractivity contribution < 1.29 is 9.53 Å². The summed E-state index contributed by atoms with van der Waals surface area (Å²) >= 11 is 0. The molecule has 1 fully saturated rings. The molecule has 6 heteroatoms. The summed E-state index contributed by atoms with van der Waals surface area (Å²) in [6, 6.07) is 15.4. The summed E-state index contributed by atoms with van der Waals surface area (Å²) in [5, 5.41) is 12.2. The van der Waals surface area contributed by atoms with E-state index in [0.29, 0.717) is 11.4 Å². The Balaban J connectivity index is 1.62. The van der Waals surface area contributed by atoms with Crippen molar-refractivity contribution in [3.63, 3.8) is 0 Å². The van der Waals surface area contributed by atoms with E-state index in [9.17, 15) is 10.1 Å². The van der Waals surface area contributed by atoms with Gasteiger partial charge in [-0.15, -0.1) is 0 Å². The van der Waals surface area contributed by atoms with E-state index in [1.54, 1.807) is 37.6 Å². The summed E-state index contributed by atoms with van der Waals surface area (Å²) < 4.78 is 5.11. The van der Waals surface area contributed by atoms with Crippen LogP contribution in [-0.4, -0.2) is 44.1 Å². The Morgan fingerprint density at radius 2 is 1.79 bits per heavy atom. The van der Waals surface area contributed by atoms with Gasteiger partial charge in [-0.05, 0) is 55.3 Å². The number of amides is 1. The quantitative estimate of drug-likeness (QED) is 0.625. The highest BCUT2D eigenvalue weighted by molar-refractivity contribution is 6.06. The number of nitrogens with zero attached hydrogens (tertiary/aromatic N) is 3. The summed E-state index contributed by atoms with van der Waals surface area (Å²) in [6.45, 7) is 7.48. The smallest absolute Gasteiger partial charge is 0.267 e. The Bertz CT molecular complexity index is 936. The molecule has 3 rings (SSSR count). The number of aryl methyl sites for hydroxylation is 1. The van der Waals surface area contributed by atoms with E-state index in [2.05, 4.69) is 42.3 Å². The van der Waals surface area contributed by atoms with Crippen molar-refractivity contribution in [2.75, 3.05) is 43.5 Å². The number of rotatable bonds is 5. The largest absolute Gasteiger partial charge is 0.497 e. The molecule has 0 bridgehead atoms. The maximum atomic E-state index is 12.5. The lowest BCUT2D eigenvalue weighted by Gasteiger charge is -2.36. The lowest BCUT2D eigenvalue weighted by molar-refractivity contribution is -0.112. The van der Waals surface area contributed by atoms with Crippen LogP contribution >= 0.6 is 0 Å². The molecule has 0 aromatic heterocycles. The minimum atomic E-state index is -0.408. The molecule has 1 heterocycles. The Kier molecular flexibility index (Phi) is 6.40. The molecule has 0 atom stereocenters. The molecule has 1 amide bonds. The highest BCUT2D eigenvalue weighted by Crippen LogP contribution is 2.24. The first-order chi connectivity index (χ1) is 14.0. The summed E-state index contributed by atoms with van der Waals surface area (Å²) in [7, 11) is 1.59. The maximum absolute atomic E-state index is 12.5. The predicted octanol–water partition coefficient (Wildman–Crippen LogP) is 3.48. The molecular weight excluding hydrogens is 364 g/mol. The number of hydrogen-bond acceptors (Lipinski definition) is 5. The summed E-state index contributed by atoms with van der Waals surface area (Å²) in [4.78, 5) is 16.9. The lowest BCUT2D eigenvalue weighted by Crippen LogP contribution is -2.44. The third kappa shape index (κ3) is 4.88. The highest BCUT2D eigenvalue weighted by Gasteiger charge is 2.19. The molecule has 29 heavy (non-hydrogen) atoms. The molecule has 0 unspecified atom stereocenters. The van der Waals surface area contributed by atoms with E-state index >= 15 is 0 Å². The van der Waals surface area contributed by atoms with E-state index in [-0.39, 0.29) is 5.57 Å². The van der Waals surface area contributed by atoms with E-state index in [1.165, 1.54) is 16.8 Å². The predicted molar refractivity (Wildman–Crippen MR) is 115 cm³/mol. The zero-order chi connectivity index (χ0) is 20.8. The van der Waals surface area contributed by atoms with Crippen LogP contribution in [0, 0.1) is 25.2 Å². The normalized spacial score (nSPS) is 14.3. The minimum Gasteiger partial charge on any atom is -0.497 e. The van der Waals surface area contributed by atoms with Crippen LogP contribution in [0.25, 0.3) is 0 Å². The number of methoxy groups -OCH3 is 1. The van der Waals surface area contributed by atoms with Gasteiger partial charge in [0, 0.05) is 43.8 Å². The number of ether oxygens (including phenoxy) is 1. The van der Waals surface area contributed by atoms with Gasteiger partial charge in [0.15, 0.2) is 0 Å². The van der Waals surface area contributed by atoms with Crippen molar-refractivity contribution in [2.24, 2.45) is 0 Å². The molecule has 0 aliphatic carbocycles. The number of carbonyl (C=O) groups excluding carboxylic acids is 1. The molecular formula is C23H26N4O2. The van der Waals surface area contributed by atoms with Gasteiger partial charge in [0.1, 0.15) is 17.4 Å². The molecule has 0 saturated carbocycles. The average molecular weight is 390 g/mol. The second kappa shape index (κ2) is 9.16. The molecule has 1 aliphatic rings. The topological polar surface area (TPSA) is 68.6 Å². The third-order valence-electron chi connectivity index (χ3n) is 5.26. The Labute approximate surface area is 172 Å². The molecule has 150 valence electrons. The van der Waals surface area contributed by atoms with Crippen molar-refractivity contribution in [1.29, 1.82) is 5.26 Å². The Morgan fingerprint density at radius 1 is 1.10 bits per heavy atom. The van der Waals surface area contributed by atoms with Gasteiger partial charge in [0.2, 0.25) is 0 Å². The van der Waals surface area contributed by atoms with Gasteiger partial charge in [0.05, 0.1) is 7.11 Å². The van der Waals surface area contributed by atoms with Crippen molar-refractivity contribution >= 4 is 17.3 Å².